The van der Waals surface area contributed by atoms with Gasteiger partial charge < -0.3 is 4.98 Å². The van der Waals surface area contributed by atoms with E-state index in [4.69, 9.17) is 5.10 Å². The summed E-state index contributed by atoms with van der Waals surface area (Å²) in [5, 5.41) is 5.43. The lowest BCUT2D eigenvalue weighted by Gasteiger charge is -2.27. The maximum Gasteiger partial charge on any atom is 0.256 e. The minimum absolute atomic E-state index is 0.0116. The van der Waals surface area contributed by atoms with Gasteiger partial charge in [0.1, 0.15) is 0 Å². The average molecular weight is 382 g/mol. The van der Waals surface area contributed by atoms with Crippen LogP contribution in [0.3, 0.4) is 0 Å². The molecule has 27 heavy (non-hydrogen) atoms. The van der Waals surface area contributed by atoms with E-state index in [2.05, 4.69) is 40.8 Å². The first-order valence-corrected chi connectivity index (χ1v) is 10.3. The third-order valence-electron chi connectivity index (χ3n) is 5.14. The fourth-order valence-corrected chi connectivity index (χ4v) is 4.03. The molecule has 1 N–H and O–H groups in total. The van der Waals surface area contributed by atoms with Gasteiger partial charge >= 0.3 is 0 Å². The van der Waals surface area contributed by atoms with Crippen molar-refractivity contribution < 1.29 is 0 Å². The van der Waals surface area contributed by atoms with Gasteiger partial charge in [0.2, 0.25) is 0 Å². The summed E-state index contributed by atoms with van der Waals surface area (Å²) in [6, 6.07) is 10.2. The van der Waals surface area contributed by atoms with Crippen molar-refractivity contribution in [1.82, 2.24) is 24.6 Å². The second-order valence-corrected chi connectivity index (χ2v) is 7.65. The van der Waals surface area contributed by atoms with Crippen LogP contribution in [0.5, 0.6) is 0 Å². The van der Waals surface area contributed by atoms with Crippen LogP contribution in [0.2, 0.25) is 0 Å². The fourth-order valence-electron chi connectivity index (χ4n) is 3.64. The molecule has 7 heteroatoms. The molecule has 4 rings (SSSR count). The lowest BCUT2D eigenvalue weighted by molar-refractivity contribution is 0.240. The number of aryl methyl sites for hydroxylation is 1. The SMILES string of the molecule is CSc1nc2c(c(=O)[nH]1)CN(Cc1c(C)nn(-c3ccccc3)c1C)CC2. The van der Waals surface area contributed by atoms with E-state index in [1.165, 1.54) is 17.3 Å². The Morgan fingerprint density at radius 3 is 2.74 bits per heavy atom. The molecule has 0 radical (unpaired) electrons. The number of nitrogens with one attached hydrogen (secondary N) is 1. The maximum atomic E-state index is 12.4. The van der Waals surface area contributed by atoms with Gasteiger partial charge in [-0.2, -0.15) is 5.10 Å². The van der Waals surface area contributed by atoms with Crippen LogP contribution in [0.4, 0.5) is 0 Å². The lowest BCUT2D eigenvalue weighted by Crippen LogP contribution is -2.35. The molecule has 2 aromatic heterocycles. The number of thioether (sulfide) groups is 1. The fraction of sp³-hybridized carbons (Fsp3) is 0.350. The number of hydrogen-bond acceptors (Lipinski definition) is 5. The van der Waals surface area contributed by atoms with E-state index in [9.17, 15) is 4.79 Å². The summed E-state index contributed by atoms with van der Waals surface area (Å²) >= 11 is 1.47. The van der Waals surface area contributed by atoms with Crippen LogP contribution in [0.15, 0.2) is 40.3 Å². The highest BCUT2D eigenvalue weighted by Gasteiger charge is 2.23. The third-order valence-corrected chi connectivity index (χ3v) is 5.72. The van der Waals surface area contributed by atoms with Crippen molar-refractivity contribution in [2.75, 3.05) is 12.8 Å². The van der Waals surface area contributed by atoms with Gasteiger partial charge in [0.15, 0.2) is 5.16 Å². The predicted octanol–water partition coefficient (Wildman–Crippen LogP) is 2.85. The van der Waals surface area contributed by atoms with Gasteiger partial charge in [-0.15, -0.1) is 0 Å². The van der Waals surface area contributed by atoms with E-state index < -0.39 is 0 Å². The number of hydrogen-bond donors (Lipinski definition) is 1. The molecule has 3 heterocycles. The molecule has 1 aliphatic heterocycles. The molecule has 0 atom stereocenters. The molecule has 0 fully saturated rings. The molecule has 0 saturated carbocycles. The highest BCUT2D eigenvalue weighted by Crippen LogP contribution is 2.23. The summed E-state index contributed by atoms with van der Waals surface area (Å²) in [5.41, 5.74) is 6.20. The zero-order valence-corrected chi connectivity index (χ0v) is 16.6. The normalized spacial score (nSPS) is 14.3. The van der Waals surface area contributed by atoms with Gasteiger partial charge in [0.05, 0.1) is 22.6 Å². The first-order chi connectivity index (χ1) is 13.1. The summed E-state index contributed by atoms with van der Waals surface area (Å²) in [6.45, 7) is 6.47. The van der Waals surface area contributed by atoms with Crippen LogP contribution in [0, 0.1) is 13.8 Å². The smallest absolute Gasteiger partial charge is 0.256 e. The predicted molar refractivity (Wildman–Crippen MR) is 107 cm³/mol. The minimum Gasteiger partial charge on any atom is -0.301 e. The number of benzene rings is 1. The number of aromatic nitrogens is 4. The second-order valence-electron chi connectivity index (χ2n) is 6.86. The quantitative estimate of drug-likeness (QED) is 0.556. The summed E-state index contributed by atoms with van der Waals surface area (Å²) in [6.07, 6.45) is 2.73. The molecule has 0 aliphatic carbocycles. The highest BCUT2D eigenvalue weighted by molar-refractivity contribution is 7.98. The Labute approximate surface area is 162 Å². The molecule has 1 aliphatic rings. The van der Waals surface area contributed by atoms with Gasteiger partial charge in [0, 0.05) is 37.3 Å². The number of aromatic amines is 1. The zero-order valence-electron chi connectivity index (χ0n) is 15.8. The average Bonchev–Trinajstić information content (AvgIpc) is 2.97. The van der Waals surface area contributed by atoms with E-state index in [1.807, 2.05) is 29.1 Å². The third kappa shape index (κ3) is 3.44. The summed E-state index contributed by atoms with van der Waals surface area (Å²) in [4.78, 5) is 22.2. The van der Waals surface area contributed by atoms with Crippen molar-refractivity contribution in [3.8, 4) is 5.69 Å². The Hall–Kier alpha value is -2.38. The van der Waals surface area contributed by atoms with Gasteiger partial charge in [-0.3, -0.25) is 9.69 Å². The first kappa shape index (κ1) is 18.0. The second kappa shape index (κ2) is 7.32. The molecule has 140 valence electrons. The summed E-state index contributed by atoms with van der Waals surface area (Å²) in [7, 11) is 0. The maximum absolute atomic E-state index is 12.4. The Kier molecular flexibility index (Phi) is 4.88. The van der Waals surface area contributed by atoms with Crippen molar-refractivity contribution in [3.05, 3.63) is 68.9 Å². The largest absolute Gasteiger partial charge is 0.301 e. The molecular weight excluding hydrogens is 358 g/mol. The number of fused-ring (bicyclic) bond motifs is 1. The van der Waals surface area contributed by atoms with Crippen LogP contribution in [-0.4, -0.2) is 37.4 Å². The lowest BCUT2D eigenvalue weighted by atomic mass is 10.1. The summed E-state index contributed by atoms with van der Waals surface area (Å²) < 4.78 is 2.00. The van der Waals surface area contributed by atoms with Gasteiger partial charge in [-0.1, -0.05) is 30.0 Å². The molecule has 0 bridgehead atoms. The van der Waals surface area contributed by atoms with Crippen molar-refractivity contribution in [2.45, 2.75) is 38.5 Å². The van der Waals surface area contributed by atoms with Crippen LogP contribution in [0.25, 0.3) is 5.69 Å². The molecule has 0 spiro atoms. The van der Waals surface area contributed by atoms with E-state index in [0.29, 0.717) is 11.7 Å². The van der Waals surface area contributed by atoms with E-state index >= 15 is 0 Å². The number of para-hydroxylation sites is 1. The molecular formula is C20H23N5OS. The van der Waals surface area contributed by atoms with Crippen LogP contribution in [0.1, 0.15) is 28.2 Å². The van der Waals surface area contributed by atoms with E-state index in [1.54, 1.807) is 0 Å². The van der Waals surface area contributed by atoms with Gasteiger partial charge in [0.25, 0.3) is 5.56 Å². The van der Waals surface area contributed by atoms with E-state index in [0.717, 1.165) is 47.8 Å². The number of H-pyrrole nitrogens is 1. The topological polar surface area (TPSA) is 66.8 Å². The summed E-state index contributed by atoms with van der Waals surface area (Å²) in [5.74, 6) is 0. The standard InChI is InChI=1S/C20H23N5OS/c1-13-16(14(2)25(23-13)15-7-5-4-6-8-15)11-24-10-9-18-17(12-24)19(26)22-20(21-18)27-3/h4-8H,9-12H2,1-3H3,(H,21,22,26). The number of nitrogens with zero attached hydrogens (tertiary/aromatic N) is 4. The van der Waals surface area contributed by atoms with Crippen LogP contribution < -0.4 is 5.56 Å². The Bertz CT molecular complexity index is 1020. The minimum atomic E-state index is -0.0116. The molecule has 3 aromatic rings. The molecule has 6 nitrogen and oxygen atoms in total. The van der Waals surface area contributed by atoms with Crippen LogP contribution >= 0.6 is 11.8 Å². The molecule has 0 amide bonds. The van der Waals surface area contributed by atoms with Crippen molar-refractivity contribution in [1.29, 1.82) is 0 Å². The zero-order chi connectivity index (χ0) is 19.0. The monoisotopic (exact) mass is 381 g/mol. The first-order valence-electron chi connectivity index (χ1n) is 9.05. The highest BCUT2D eigenvalue weighted by atomic mass is 32.2. The van der Waals surface area contributed by atoms with E-state index in [-0.39, 0.29) is 5.56 Å². The Morgan fingerprint density at radius 1 is 1.22 bits per heavy atom. The Balaban J connectivity index is 1.59. The molecule has 0 saturated heterocycles. The Morgan fingerprint density at radius 2 is 2.00 bits per heavy atom. The van der Waals surface area contributed by atoms with Crippen molar-refractivity contribution in [3.63, 3.8) is 0 Å². The van der Waals surface area contributed by atoms with Crippen molar-refractivity contribution >= 4 is 11.8 Å². The van der Waals surface area contributed by atoms with Crippen LogP contribution in [-0.2, 0) is 19.5 Å². The van der Waals surface area contributed by atoms with Gasteiger partial charge in [-0.25, -0.2) is 9.67 Å². The van der Waals surface area contributed by atoms with Gasteiger partial charge in [-0.05, 0) is 32.2 Å². The molecule has 0 unspecified atom stereocenters. The number of rotatable bonds is 4. The van der Waals surface area contributed by atoms with Crippen molar-refractivity contribution in [2.24, 2.45) is 0 Å². The molecule has 1 aromatic carbocycles.